The largest absolute Gasteiger partial charge is 0.338 e. The topological polar surface area (TPSA) is 20.3 Å². The lowest BCUT2D eigenvalue weighted by Crippen LogP contribution is -2.38. The van der Waals surface area contributed by atoms with Crippen LogP contribution in [0, 0.1) is 5.92 Å². The van der Waals surface area contributed by atoms with Gasteiger partial charge in [0.25, 0.3) is 5.91 Å². The average Bonchev–Trinajstić information content (AvgIpc) is 2.75. The van der Waals surface area contributed by atoms with E-state index in [9.17, 15) is 4.79 Å². The molecule has 2 nitrogen and oxygen atoms in total. The van der Waals surface area contributed by atoms with Gasteiger partial charge in [-0.2, -0.15) is 0 Å². The van der Waals surface area contributed by atoms with E-state index in [1.807, 2.05) is 10.3 Å². The van der Waals surface area contributed by atoms with Gasteiger partial charge in [-0.3, -0.25) is 4.79 Å². The van der Waals surface area contributed by atoms with Gasteiger partial charge in [0.1, 0.15) is 4.88 Å². The lowest BCUT2D eigenvalue weighted by Gasteiger charge is -2.30. The molecule has 1 aliphatic heterocycles. The van der Waals surface area contributed by atoms with Gasteiger partial charge in [-0.25, -0.2) is 0 Å². The molecular formula is C11H13Cl2NOS. The predicted octanol–water partition coefficient (Wildman–Crippen LogP) is 3.49. The maximum absolute atomic E-state index is 12.1. The van der Waals surface area contributed by atoms with Gasteiger partial charge in [-0.15, -0.1) is 22.9 Å². The van der Waals surface area contributed by atoms with Gasteiger partial charge < -0.3 is 4.90 Å². The molecule has 0 radical (unpaired) electrons. The number of carbonyl (C=O) groups excluding carboxylic acids is 1. The van der Waals surface area contributed by atoms with E-state index in [4.69, 9.17) is 23.2 Å². The summed E-state index contributed by atoms with van der Waals surface area (Å²) >= 11 is 13.2. The summed E-state index contributed by atoms with van der Waals surface area (Å²) in [6, 6.07) is 1.77. The van der Waals surface area contributed by atoms with Crippen molar-refractivity contribution in [1.82, 2.24) is 4.90 Å². The van der Waals surface area contributed by atoms with Crippen LogP contribution in [0.15, 0.2) is 11.4 Å². The van der Waals surface area contributed by atoms with Crippen LogP contribution in [0.5, 0.6) is 0 Å². The van der Waals surface area contributed by atoms with Crippen LogP contribution in [0.1, 0.15) is 22.5 Å². The quantitative estimate of drug-likeness (QED) is 0.758. The predicted molar refractivity (Wildman–Crippen MR) is 68.7 cm³/mol. The first-order chi connectivity index (χ1) is 7.72. The fourth-order valence-electron chi connectivity index (χ4n) is 1.88. The van der Waals surface area contributed by atoms with Crippen LogP contribution in [0.25, 0.3) is 0 Å². The highest BCUT2D eigenvalue weighted by atomic mass is 35.5. The monoisotopic (exact) mass is 277 g/mol. The molecule has 1 saturated heterocycles. The Kier molecular flexibility index (Phi) is 4.11. The fourth-order valence-corrected chi connectivity index (χ4v) is 3.29. The molecule has 2 heterocycles. The molecule has 88 valence electrons. The van der Waals surface area contributed by atoms with Crippen LogP contribution in [-0.4, -0.2) is 29.8 Å². The Morgan fingerprint density at radius 3 is 2.69 bits per heavy atom. The molecule has 2 rings (SSSR count). The zero-order chi connectivity index (χ0) is 11.5. The number of piperidine rings is 1. The Labute approximate surface area is 109 Å². The van der Waals surface area contributed by atoms with Crippen molar-refractivity contribution in [2.75, 3.05) is 19.0 Å². The van der Waals surface area contributed by atoms with Crippen LogP contribution in [0.3, 0.4) is 0 Å². The molecule has 0 unspecified atom stereocenters. The summed E-state index contributed by atoms with van der Waals surface area (Å²) in [5.41, 5.74) is 0. The maximum Gasteiger partial charge on any atom is 0.265 e. The number of nitrogens with zero attached hydrogens (tertiary/aromatic N) is 1. The summed E-state index contributed by atoms with van der Waals surface area (Å²) in [7, 11) is 0. The van der Waals surface area contributed by atoms with Gasteiger partial charge >= 0.3 is 0 Å². The zero-order valence-corrected chi connectivity index (χ0v) is 11.1. The number of halogens is 2. The van der Waals surface area contributed by atoms with Crippen molar-refractivity contribution >= 4 is 40.4 Å². The van der Waals surface area contributed by atoms with E-state index in [1.54, 1.807) is 6.07 Å². The van der Waals surface area contributed by atoms with E-state index >= 15 is 0 Å². The molecule has 1 aromatic rings. The van der Waals surface area contributed by atoms with Crippen molar-refractivity contribution < 1.29 is 4.79 Å². The first kappa shape index (κ1) is 12.2. The van der Waals surface area contributed by atoms with Crippen LogP contribution >= 0.6 is 34.5 Å². The summed E-state index contributed by atoms with van der Waals surface area (Å²) in [5.74, 6) is 1.32. The molecular weight excluding hydrogens is 265 g/mol. The highest BCUT2D eigenvalue weighted by molar-refractivity contribution is 7.12. The smallest absolute Gasteiger partial charge is 0.265 e. The summed E-state index contributed by atoms with van der Waals surface area (Å²) in [5, 5.41) is 2.41. The molecule has 1 fully saturated rings. The van der Waals surface area contributed by atoms with E-state index in [0.717, 1.165) is 25.9 Å². The number of hydrogen-bond donors (Lipinski definition) is 0. The zero-order valence-electron chi connectivity index (χ0n) is 8.79. The van der Waals surface area contributed by atoms with Crippen LogP contribution in [0.4, 0.5) is 0 Å². The minimum absolute atomic E-state index is 0.0630. The normalized spacial score (nSPS) is 17.8. The van der Waals surface area contributed by atoms with Crippen molar-refractivity contribution in [3.05, 3.63) is 21.3 Å². The third kappa shape index (κ3) is 2.53. The minimum atomic E-state index is 0.0630. The number of carbonyl (C=O) groups is 1. The van der Waals surface area contributed by atoms with Crippen molar-refractivity contribution in [2.45, 2.75) is 12.8 Å². The molecule has 1 aromatic heterocycles. The number of thiophene rings is 1. The van der Waals surface area contributed by atoms with Gasteiger partial charge in [0.15, 0.2) is 0 Å². The number of hydrogen-bond acceptors (Lipinski definition) is 2. The first-order valence-corrected chi connectivity index (χ1v) is 7.10. The van der Waals surface area contributed by atoms with Crippen LogP contribution in [-0.2, 0) is 0 Å². The highest BCUT2D eigenvalue weighted by Gasteiger charge is 2.24. The fraction of sp³-hybridized carbons (Fsp3) is 0.545. The molecule has 0 bridgehead atoms. The Bertz CT molecular complexity index is 372. The lowest BCUT2D eigenvalue weighted by atomic mass is 9.99. The summed E-state index contributed by atoms with van der Waals surface area (Å²) < 4.78 is 0. The lowest BCUT2D eigenvalue weighted by molar-refractivity contribution is 0.0703. The van der Waals surface area contributed by atoms with Gasteiger partial charge in [-0.05, 0) is 30.2 Å². The Balaban J connectivity index is 2.00. The summed E-state index contributed by atoms with van der Waals surface area (Å²) in [4.78, 5) is 14.6. The maximum atomic E-state index is 12.1. The number of rotatable bonds is 2. The highest BCUT2D eigenvalue weighted by Crippen LogP contribution is 2.26. The second kappa shape index (κ2) is 5.39. The van der Waals surface area contributed by atoms with Crippen LogP contribution < -0.4 is 0 Å². The van der Waals surface area contributed by atoms with E-state index in [-0.39, 0.29) is 5.91 Å². The van der Waals surface area contributed by atoms with Crippen molar-refractivity contribution in [2.24, 2.45) is 5.92 Å². The second-order valence-electron chi connectivity index (χ2n) is 3.99. The Hall–Kier alpha value is -0.250. The van der Waals surface area contributed by atoms with E-state index in [2.05, 4.69) is 0 Å². The molecule has 5 heteroatoms. The van der Waals surface area contributed by atoms with Gasteiger partial charge in [0, 0.05) is 19.0 Å². The SMILES string of the molecule is O=C(c1sccc1Cl)N1CCC(CCl)CC1. The third-order valence-electron chi connectivity index (χ3n) is 2.93. The molecule has 0 spiro atoms. The van der Waals surface area contributed by atoms with E-state index < -0.39 is 0 Å². The van der Waals surface area contributed by atoms with Crippen molar-refractivity contribution in [1.29, 1.82) is 0 Å². The summed E-state index contributed by atoms with van der Waals surface area (Å²) in [6.07, 6.45) is 2.00. The number of amides is 1. The van der Waals surface area contributed by atoms with E-state index in [1.165, 1.54) is 11.3 Å². The molecule has 0 aliphatic carbocycles. The third-order valence-corrected chi connectivity index (χ3v) is 4.70. The Morgan fingerprint density at radius 2 is 2.19 bits per heavy atom. The molecule has 0 aromatic carbocycles. The molecule has 0 saturated carbocycles. The standard InChI is InChI=1S/C11H13Cl2NOS/c12-7-8-1-4-14(5-2-8)11(15)10-9(13)3-6-16-10/h3,6,8H,1-2,4-5,7H2. The van der Waals surface area contributed by atoms with Crippen molar-refractivity contribution in [3.63, 3.8) is 0 Å². The molecule has 0 atom stereocenters. The minimum Gasteiger partial charge on any atom is -0.338 e. The molecule has 16 heavy (non-hydrogen) atoms. The van der Waals surface area contributed by atoms with Crippen molar-refractivity contribution in [3.8, 4) is 0 Å². The average molecular weight is 278 g/mol. The molecule has 1 aliphatic rings. The number of alkyl halides is 1. The second-order valence-corrected chi connectivity index (χ2v) is 5.62. The van der Waals surface area contributed by atoms with E-state index in [0.29, 0.717) is 21.7 Å². The van der Waals surface area contributed by atoms with Gasteiger partial charge in [0.2, 0.25) is 0 Å². The summed E-state index contributed by atoms with van der Waals surface area (Å²) in [6.45, 7) is 1.59. The number of likely N-dealkylation sites (tertiary alicyclic amines) is 1. The first-order valence-electron chi connectivity index (χ1n) is 5.30. The Morgan fingerprint density at radius 1 is 1.50 bits per heavy atom. The van der Waals surface area contributed by atoms with Crippen LogP contribution in [0.2, 0.25) is 5.02 Å². The van der Waals surface area contributed by atoms with Gasteiger partial charge in [-0.1, -0.05) is 11.6 Å². The molecule has 1 amide bonds. The van der Waals surface area contributed by atoms with Gasteiger partial charge in [0.05, 0.1) is 5.02 Å². The molecule has 0 N–H and O–H groups in total.